The first-order chi connectivity index (χ1) is 9.54. The molecule has 0 aromatic carbocycles. The molecule has 2 rings (SSSR count). The van der Waals surface area contributed by atoms with Crippen molar-refractivity contribution in [3.05, 3.63) is 23.5 Å². The Morgan fingerprint density at radius 3 is 2.65 bits per heavy atom. The molecule has 3 heteroatoms. The predicted octanol–water partition coefficient (Wildman–Crippen LogP) is 3.64. The number of hydrogen-bond acceptors (Lipinski definition) is 3. The molecule has 0 spiro atoms. The summed E-state index contributed by atoms with van der Waals surface area (Å²) in [6, 6.07) is 4.68. The molecule has 1 N–H and O–H groups in total. The average Bonchev–Trinajstić information content (AvgIpc) is 2.37. The summed E-state index contributed by atoms with van der Waals surface area (Å²) in [7, 11) is 0. The van der Waals surface area contributed by atoms with Crippen LogP contribution >= 0.6 is 0 Å². The molecule has 1 aromatic heterocycles. The van der Waals surface area contributed by atoms with E-state index in [4.69, 9.17) is 4.74 Å². The second-order valence-electron chi connectivity index (χ2n) is 6.25. The molecular formula is C17H28N2O. The van der Waals surface area contributed by atoms with E-state index in [-0.39, 0.29) is 5.60 Å². The molecule has 112 valence electrons. The smallest absolute Gasteiger partial charge is 0.141 e. The van der Waals surface area contributed by atoms with Gasteiger partial charge in [-0.25, -0.2) is 0 Å². The number of hydrogen-bond donors (Lipinski definition) is 1. The fraction of sp³-hybridized carbons (Fsp3) is 0.706. The van der Waals surface area contributed by atoms with E-state index < -0.39 is 0 Å². The van der Waals surface area contributed by atoms with E-state index in [1.54, 1.807) is 0 Å². The van der Waals surface area contributed by atoms with Crippen LogP contribution < -0.4 is 10.1 Å². The lowest BCUT2D eigenvalue weighted by Gasteiger charge is -2.42. The Kier molecular flexibility index (Phi) is 5.03. The van der Waals surface area contributed by atoms with Crippen molar-refractivity contribution in [3.8, 4) is 5.75 Å². The summed E-state index contributed by atoms with van der Waals surface area (Å²) in [5.74, 6) is 0.988. The Labute approximate surface area is 123 Å². The van der Waals surface area contributed by atoms with Crippen LogP contribution in [-0.2, 0) is 6.42 Å². The van der Waals surface area contributed by atoms with Crippen molar-refractivity contribution in [1.29, 1.82) is 0 Å². The lowest BCUT2D eigenvalue weighted by molar-refractivity contribution is -0.0156. The first kappa shape index (κ1) is 15.3. The van der Waals surface area contributed by atoms with E-state index in [0.717, 1.165) is 36.5 Å². The van der Waals surface area contributed by atoms with Crippen LogP contribution in [-0.4, -0.2) is 23.2 Å². The molecule has 0 unspecified atom stereocenters. The highest BCUT2D eigenvalue weighted by atomic mass is 16.5. The molecule has 0 bridgehead atoms. The molecule has 1 saturated carbocycles. The number of pyridine rings is 1. The van der Waals surface area contributed by atoms with Crippen molar-refractivity contribution in [3.63, 3.8) is 0 Å². The van der Waals surface area contributed by atoms with Gasteiger partial charge in [-0.15, -0.1) is 0 Å². The van der Waals surface area contributed by atoms with Gasteiger partial charge in [-0.05, 0) is 57.7 Å². The van der Waals surface area contributed by atoms with Gasteiger partial charge < -0.3 is 10.1 Å². The molecule has 1 fully saturated rings. The number of nitrogens with one attached hydrogen (secondary N) is 1. The second-order valence-corrected chi connectivity index (χ2v) is 6.25. The van der Waals surface area contributed by atoms with Gasteiger partial charge in [0.1, 0.15) is 11.4 Å². The second kappa shape index (κ2) is 6.57. The van der Waals surface area contributed by atoms with Crippen molar-refractivity contribution >= 4 is 0 Å². The fourth-order valence-electron chi connectivity index (χ4n) is 2.74. The molecule has 0 atom stereocenters. The van der Waals surface area contributed by atoms with Crippen LogP contribution in [0.1, 0.15) is 57.8 Å². The van der Waals surface area contributed by atoms with Crippen molar-refractivity contribution < 1.29 is 4.74 Å². The SMILES string of the molecule is CCc1nc(C)ccc1OC1(CCNC(C)C)CCC1. The van der Waals surface area contributed by atoms with Gasteiger partial charge in [0.25, 0.3) is 0 Å². The number of rotatable bonds is 7. The summed E-state index contributed by atoms with van der Waals surface area (Å²) >= 11 is 0. The maximum absolute atomic E-state index is 6.39. The van der Waals surface area contributed by atoms with Gasteiger partial charge in [0, 0.05) is 11.7 Å². The molecule has 3 nitrogen and oxygen atoms in total. The van der Waals surface area contributed by atoms with Crippen LogP contribution in [0.4, 0.5) is 0 Å². The Balaban J connectivity index is 2.02. The van der Waals surface area contributed by atoms with E-state index in [1.165, 1.54) is 19.3 Å². The number of aryl methyl sites for hydroxylation is 2. The summed E-state index contributed by atoms with van der Waals surface area (Å²) in [6.45, 7) is 9.58. The molecule has 1 aromatic rings. The minimum Gasteiger partial charge on any atom is -0.485 e. The van der Waals surface area contributed by atoms with Crippen LogP contribution in [0.15, 0.2) is 12.1 Å². The molecule has 1 heterocycles. The molecule has 1 aliphatic rings. The highest BCUT2D eigenvalue weighted by Crippen LogP contribution is 2.40. The monoisotopic (exact) mass is 276 g/mol. The summed E-state index contributed by atoms with van der Waals surface area (Å²) in [6.07, 6.45) is 5.63. The molecule has 0 aliphatic heterocycles. The van der Waals surface area contributed by atoms with Gasteiger partial charge in [0.2, 0.25) is 0 Å². The van der Waals surface area contributed by atoms with Crippen molar-refractivity contribution in [2.75, 3.05) is 6.54 Å². The minimum atomic E-state index is 0.0444. The van der Waals surface area contributed by atoms with Crippen molar-refractivity contribution in [2.24, 2.45) is 0 Å². The van der Waals surface area contributed by atoms with Crippen LogP contribution in [0, 0.1) is 6.92 Å². The topological polar surface area (TPSA) is 34.1 Å². The van der Waals surface area contributed by atoms with E-state index >= 15 is 0 Å². The summed E-state index contributed by atoms with van der Waals surface area (Å²) in [4.78, 5) is 4.60. The highest BCUT2D eigenvalue weighted by molar-refractivity contribution is 5.30. The maximum atomic E-state index is 6.39. The van der Waals surface area contributed by atoms with Gasteiger partial charge in [-0.3, -0.25) is 4.98 Å². The van der Waals surface area contributed by atoms with Gasteiger partial charge >= 0.3 is 0 Å². The maximum Gasteiger partial charge on any atom is 0.141 e. The molecular weight excluding hydrogens is 248 g/mol. The van der Waals surface area contributed by atoms with E-state index in [2.05, 4.69) is 37.1 Å². The number of nitrogens with zero attached hydrogens (tertiary/aromatic N) is 1. The van der Waals surface area contributed by atoms with Crippen LogP contribution in [0.25, 0.3) is 0 Å². The highest BCUT2D eigenvalue weighted by Gasteiger charge is 2.39. The summed E-state index contributed by atoms with van der Waals surface area (Å²) in [5, 5.41) is 3.50. The largest absolute Gasteiger partial charge is 0.485 e. The normalized spacial score (nSPS) is 17.1. The minimum absolute atomic E-state index is 0.0444. The van der Waals surface area contributed by atoms with Crippen LogP contribution in [0.3, 0.4) is 0 Å². The quantitative estimate of drug-likeness (QED) is 0.825. The van der Waals surface area contributed by atoms with Crippen LogP contribution in [0.2, 0.25) is 0 Å². The van der Waals surface area contributed by atoms with Gasteiger partial charge in [0.15, 0.2) is 0 Å². The summed E-state index contributed by atoms with van der Waals surface area (Å²) in [5.41, 5.74) is 2.20. The first-order valence-corrected chi connectivity index (χ1v) is 7.93. The first-order valence-electron chi connectivity index (χ1n) is 7.93. The Hall–Kier alpha value is -1.09. The fourth-order valence-corrected chi connectivity index (χ4v) is 2.74. The standard InChI is InChI=1S/C17H28N2O/c1-5-15-16(8-7-14(4)19-15)20-17(9-6-10-17)11-12-18-13(2)3/h7-8,13,18H,5-6,9-12H2,1-4H3. The van der Waals surface area contributed by atoms with Gasteiger partial charge in [-0.2, -0.15) is 0 Å². The Morgan fingerprint density at radius 1 is 1.35 bits per heavy atom. The van der Waals surface area contributed by atoms with Crippen molar-refractivity contribution in [1.82, 2.24) is 10.3 Å². The molecule has 20 heavy (non-hydrogen) atoms. The zero-order valence-electron chi connectivity index (χ0n) is 13.3. The number of ether oxygens (including phenoxy) is 1. The predicted molar refractivity (Wildman–Crippen MR) is 83.3 cm³/mol. The average molecular weight is 276 g/mol. The number of aromatic nitrogens is 1. The van der Waals surface area contributed by atoms with Gasteiger partial charge in [-0.1, -0.05) is 20.8 Å². The zero-order chi connectivity index (χ0) is 14.6. The molecule has 0 amide bonds. The third kappa shape index (κ3) is 3.72. The molecule has 0 saturated heterocycles. The lowest BCUT2D eigenvalue weighted by Crippen LogP contribution is -2.46. The van der Waals surface area contributed by atoms with Gasteiger partial charge in [0.05, 0.1) is 5.69 Å². The third-order valence-electron chi connectivity index (χ3n) is 4.13. The zero-order valence-corrected chi connectivity index (χ0v) is 13.3. The Morgan fingerprint density at radius 2 is 2.10 bits per heavy atom. The summed E-state index contributed by atoms with van der Waals surface area (Å²) < 4.78 is 6.39. The van der Waals surface area contributed by atoms with Crippen molar-refractivity contribution in [2.45, 2.75) is 71.4 Å². The molecule has 0 radical (unpaired) electrons. The third-order valence-corrected chi connectivity index (χ3v) is 4.13. The lowest BCUT2D eigenvalue weighted by atomic mass is 9.77. The van der Waals surface area contributed by atoms with Crippen LogP contribution in [0.5, 0.6) is 5.75 Å². The van der Waals surface area contributed by atoms with E-state index in [1.807, 2.05) is 13.0 Å². The molecule has 1 aliphatic carbocycles. The van der Waals surface area contributed by atoms with E-state index in [9.17, 15) is 0 Å². The van der Waals surface area contributed by atoms with E-state index in [0.29, 0.717) is 6.04 Å². The Bertz CT molecular complexity index is 439.